The molecule has 0 heterocycles. The van der Waals surface area contributed by atoms with E-state index in [1.54, 1.807) is 0 Å². The second kappa shape index (κ2) is 6.93. The number of rotatable bonds is 7. The lowest BCUT2D eigenvalue weighted by Gasteiger charge is -2.36. The highest BCUT2D eigenvalue weighted by Gasteiger charge is 2.33. The van der Waals surface area contributed by atoms with Gasteiger partial charge in [-0.25, -0.2) is 0 Å². The molecule has 2 unspecified atom stereocenters. The van der Waals surface area contributed by atoms with Gasteiger partial charge < -0.3 is 20.3 Å². The fourth-order valence-corrected chi connectivity index (χ4v) is 2.31. The van der Waals surface area contributed by atoms with Crippen LogP contribution in [0, 0.1) is 5.92 Å². The number of hydrogen-bond acceptors (Lipinski definition) is 5. The molecule has 5 heteroatoms. The van der Waals surface area contributed by atoms with Crippen molar-refractivity contribution >= 4 is 5.71 Å². The number of nitrogens with zero attached hydrogens (tertiary/aromatic N) is 3. The molecule has 102 valence electrons. The van der Waals surface area contributed by atoms with E-state index >= 15 is 0 Å². The molecule has 0 saturated heterocycles. The predicted molar refractivity (Wildman–Crippen MR) is 73.0 cm³/mol. The van der Waals surface area contributed by atoms with Gasteiger partial charge in [0.1, 0.15) is 0 Å². The fourth-order valence-electron chi connectivity index (χ4n) is 2.31. The summed E-state index contributed by atoms with van der Waals surface area (Å²) in [6.07, 6.45) is 0. The maximum Gasteiger partial charge on any atom is 0.0822 e. The van der Waals surface area contributed by atoms with Crippen molar-refractivity contribution in [1.29, 1.82) is 0 Å². The fraction of sp³-hybridized carbons (Fsp3) is 0.917. The molecule has 0 bridgehead atoms. The first kappa shape index (κ1) is 16.4. The molecule has 0 spiro atoms. The summed E-state index contributed by atoms with van der Waals surface area (Å²) in [5.41, 5.74) is 0.482. The summed E-state index contributed by atoms with van der Waals surface area (Å²) >= 11 is 0. The Kier molecular flexibility index (Phi) is 6.67. The Bertz CT molecular complexity index is 253. The third-order valence-electron chi connectivity index (χ3n) is 2.96. The molecule has 0 aromatic heterocycles. The highest BCUT2D eigenvalue weighted by atomic mass is 16.4. The minimum atomic E-state index is -0.312. The Morgan fingerprint density at radius 2 is 1.82 bits per heavy atom. The number of likely N-dealkylation sites (N-methyl/N-ethyl adjacent to an activating group) is 2. The highest BCUT2D eigenvalue weighted by molar-refractivity contribution is 5.95. The normalized spacial score (nSPS) is 18.5. The molecule has 0 fully saturated rings. The van der Waals surface area contributed by atoms with Crippen LogP contribution in [0.2, 0.25) is 0 Å². The molecule has 17 heavy (non-hydrogen) atoms. The van der Waals surface area contributed by atoms with Crippen molar-refractivity contribution in [3.8, 4) is 0 Å². The van der Waals surface area contributed by atoms with Gasteiger partial charge in [-0.15, -0.1) is 0 Å². The van der Waals surface area contributed by atoms with Crippen LogP contribution < -0.4 is 5.32 Å². The summed E-state index contributed by atoms with van der Waals surface area (Å²) in [5, 5.41) is 16.1. The van der Waals surface area contributed by atoms with Gasteiger partial charge in [0.25, 0.3) is 0 Å². The maximum atomic E-state index is 9.30. The Labute approximate surface area is 105 Å². The zero-order valence-electron chi connectivity index (χ0n) is 12.3. The van der Waals surface area contributed by atoms with E-state index in [4.69, 9.17) is 0 Å². The molecule has 2 atom stereocenters. The first-order valence-electron chi connectivity index (χ1n) is 5.97. The van der Waals surface area contributed by atoms with Crippen LogP contribution in [0.1, 0.15) is 13.8 Å². The molecule has 0 aliphatic heterocycles. The Morgan fingerprint density at radius 3 is 2.12 bits per heavy atom. The molecule has 0 aromatic carbocycles. The molecule has 0 amide bonds. The van der Waals surface area contributed by atoms with E-state index in [-0.39, 0.29) is 11.5 Å². The Balaban J connectivity index is 4.93. The maximum absolute atomic E-state index is 9.30. The Morgan fingerprint density at radius 1 is 1.29 bits per heavy atom. The van der Waals surface area contributed by atoms with Crippen LogP contribution in [-0.2, 0) is 0 Å². The summed E-state index contributed by atoms with van der Waals surface area (Å²) in [7, 11) is 9.97. The van der Waals surface area contributed by atoms with Crippen molar-refractivity contribution in [1.82, 2.24) is 15.1 Å². The van der Waals surface area contributed by atoms with Gasteiger partial charge in [0.2, 0.25) is 0 Å². The molecule has 2 N–H and O–H groups in total. The average Bonchev–Trinajstić information content (AvgIpc) is 2.16. The zero-order chi connectivity index (χ0) is 13.6. The summed E-state index contributed by atoms with van der Waals surface area (Å²) < 4.78 is 0. The highest BCUT2D eigenvalue weighted by Crippen LogP contribution is 2.15. The van der Waals surface area contributed by atoms with Gasteiger partial charge in [0, 0.05) is 19.0 Å². The van der Waals surface area contributed by atoms with Crippen molar-refractivity contribution in [3.05, 3.63) is 0 Å². The van der Waals surface area contributed by atoms with Gasteiger partial charge in [-0.05, 0) is 42.2 Å². The molecule has 0 rings (SSSR count). The number of hydrogen-bond donors (Lipinski definition) is 2. The van der Waals surface area contributed by atoms with Crippen LogP contribution in [0.15, 0.2) is 5.16 Å². The molecule has 5 nitrogen and oxygen atoms in total. The third-order valence-corrected chi connectivity index (χ3v) is 2.96. The summed E-state index contributed by atoms with van der Waals surface area (Å²) in [6.45, 7) is 5.80. The average molecular weight is 244 g/mol. The van der Waals surface area contributed by atoms with Crippen LogP contribution in [0.4, 0.5) is 0 Å². The van der Waals surface area contributed by atoms with E-state index in [2.05, 4.69) is 34.1 Å². The minimum absolute atomic E-state index is 0.201. The van der Waals surface area contributed by atoms with E-state index in [0.29, 0.717) is 0 Å². The lowest BCUT2D eigenvalue weighted by molar-refractivity contribution is 0.274. The standard InChI is InChI=1S/C12H28N4O/c1-10(8-15(4)5)11(14-17)12(2,13-3)9-16(6)7/h10,13,17H,8-9H2,1-7H3/b14-11-. The first-order valence-corrected chi connectivity index (χ1v) is 5.97. The van der Waals surface area contributed by atoms with Gasteiger partial charge in [0.15, 0.2) is 0 Å². The van der Waals surface area contributed by atoms with Crippen molar-refractivity contribution in [2.24, 2.45) is 11.1 Å². The minimum Gasteiger partial charge on any atom is -0.411 e. The van der Waals surface area contributed by atoms with E-state index in [1.165, 1.54) is 0 Å². The van der Waals surface area contributed by atoms with Gasteiger partial charge >= 0.3 is 0 Å². The first-order chi connectivity index (χ1) is 7.76. The topological polar surface area (TPSA) is 51.1 Å². The van der Waals surface area contributed by atoms with Gasteiger partial charge in [0.05, 0.1) is 11.3 Å². The second-order valence-corrected chi connectivity index (χ2v) is 5.47. The Hall–Kier alpha value is -0.650. The number of oxime groups is 1. The summed E-state index contributed by atoms with van der Waals surface area (Å²) in [5.74, 6) is 0.201. The third kappa shape index (κ3) is 5.02. The zero-order valence-corrected chi connectivity index (χ0v) is 12.3. The van der Waals surface area contributed by atoms with E-state index in [9.17, 15) is 5.21 Å². The van der Waals surface area contributed by atoms with Crippen molar-refractivity contribution in [3.63, 3.8) is 0 Å². The molecule has 0 saturated carbocycles. The monoisotopic (exact) mass is 244 g/mol. The predicted octanol–water partition coefficient (Wildman–Crippen LogP) is 0.554. The SMILES string of the molecule is CNC(C)(CN(C)C)/C(=N\O)C(C)CN(C)C. The molecule has 0 radical (unpaired) electrons. The van der Waals surface area contributed by atoms with Gasteiger partial charge in [-0.3, -0.25) is 0 Å². The quantitative estimate of drug-likeness (QED) is 0.390. The van der Waals surface area contributed by atoms with Crippen molar-refractivity contribution in [2.75, 3.05) is 48.3 Å². The van der Waals surface area contributed by atoms with E-state index in [1.807, 2.05) is 35.2 Å². The molecule has 0 aliphatic carbocycles. The second-order valence-electron chi connectivity index (χ2n) is 5.47. The lowest BCUT2D eigenvalue weighted by Crippen LogP contribution is -2.57. The van der Waals surface area contributed by atoms with E-state index in [0.717, 1.165) is 18.8 Å². The van der Waals surface area contributed by atoms with Crippen molar-refractivity contribution < 1.29 is 5.21 Å². The molecule has 0 aliphatic rings. The number of nitrogens with one attached hydrogen (secondary N) is 1. The smallest absolute Gasteiger partial charge is 0.0822 e. The molecular formula is C12H28N4O. The van der Waals surface area contributed by atoms with E-state index < -0.39 is 0 Å². The van der Waals surface area contributed by atoms with Crippen LogP contribution in [0.25, 0.3) is 0 Å². The van der Waals surface area contributed by atoms with Crippen molar-refractivity contribution in [2.45, 2.75) is 19.4 Å². The summed E-state index contributed by atoms with van der Waals surface area (Å²) in [6, 6.07) is 0. The van der Waals surface area contributed by atoms with Gasteiger partial charge in [-0.2, -0.15) is 0 Å². The van der Waals surface area contributed by atoms with Crippen LogP contribution >= 0.6 is 0 Å². The van der Waals surface area contributed by atoms with Crippen LogP contribution in [0.3, 0.4) is 0 Å². The molecular weight excluding hydrogens is 216 g/mol. The summed E-state index contributed by atoms with van der Waals surface area (Å²) in [4.78, 5) is 4.19. The van der Waals surface area contributed by atoms with Crippen LogP contribution in [0.5, 0.6) is 0 Å². The largest absolute Gasteiger partial charge is 0.411 e. The van der Waals surface area contributed by atoms with Gasteiger partial charge in [-0.1, -0.05) is 12.1 Å². The van der Waals surface area contributed by atoms with Crippen LogP contribution in [-0.4, -0.2) is 74.6 Å². The molecule has 0 aromatic rings. The lowest BCUT2D eigenvalue weighted by atomic mass is 9.86.